The van der Waals surface area contributed by atoms with Crippen LogP contribution in [0, 0.1) is 13.8 Å². The number of carbonyl (C=O) groups excluding carboxylic acids is 2. The number of methoxy groups -OCH3 is 1. The van der Waals surface area contributed by atoms with Gasteiger partial charge in [0.05, 0.1) is 12.8 Å². The molecule has 2 aromatic rings. The van der Waals surface area contributed by atoms with Gasteiger partial charge in [-0.2, -0.15) is 4.37 Å². The maximum absolute atomic E-state index is 12.4. The number of carbonyl (C=O) groups is 2. The summed E-state index contributed by atoms with van der Waals surface area (Å²) in [5.41, 5.74) is 2.62. The third-order valence-electron chi connectivity index (χ3n) is 3.44. The summed E-state index contributed by atoms with van der Waals surface area (Å²) < 4.78 is 8.95. The van der Waals surface area contributed by atoms with Gasteiger partial charge < -0.3 is 10.1 Å². The Balaban J connectivity index is 2.15. The molecular weight excluding hydrogens is 300 g/mol. The van der Waals surface area contributed by atoms with E-state index in [1.807, 2.05) is 44.2 Å². The van der Waals surface area contributed by atoms with Gasteiger partial charge in [-0.1, -0.05) is 30.3 Å². The third kappa shape index (κ3) is 3.71. The van der Waals surface area contributed by atoms with Crippen molar-refractivity contribution in [3.8, 4) is 0 Å². The summed E-state index contributed by atoms with van der Waals surface area (Å²) in [6.45, 7) is 3.70. The average molecular weight is 318 g/mol. The lowest BCUT2D eigenvalue weighted by Gasteiger charge is -2.16. The molecule has 0 unspecified atom stereocenters. The normalized spacial score (nSPS) is 11.8. The predicted molar refractivity (Wildman–Crippen MR) is 85.0 cm³/mol. The molecule has 116 valence electrons. The zero-order chi connectivity index (χ0) is 16.1. The van der Waals surface area contributed by atoms with E-state index in [0.717, 1.165) is 28.4 Å². The Morgan fingerprint density at radius 3 is 2.50 bits per heavy atom. The lowest BCUT2D eigenvalue weighted by atomic mass is 10.1. The van der Waals surface area contributed by atoms with E-state index in [1.165, 1.54) is 7.11 Å². The van der Waals surface area contributed by atoms with Crippen LogP contribution in [0.4, 0.5) is 0 Å². The molecule has 0 aliphatic carbocycles. The Labute approximate surface area is 133 Å². The van der Waals surface area contributed by atoms with Crippen molar-refractivity contribution >= 4 is 23.4 Å². The number of hydrogen-bond donors (Lipinski definition) is 1. The Morgan fingerprint density at radius 2 is 1.95 bits per heavy atom. The highest BCUT2D eigenvalue weighted by molar-refractivity contribution is 7.08. The van der Waals surface area contributed by atoms with Gasteiger partial charge in [-0.15, -0.1) is 0 Å². The Bertz CT molecular complexity index is 667. The molecule has 1 aromatic carbocycles. The van der Waals surface area contributed by atoms with Crippen LogP contribution in [0.1, 0.15) is 26.5 Å². The number of nitrogens with zero attached hydrogens (tertiary/aromatic N) is 1. The second-order valence-corrected chi connectivity index (χ2v) is 5.73. The molecule has 1 aromatic heterocycles. The first kappa shape index (κ1) is 16.2. The summed E-state index contributed by atoms with van der Waals surface area (Å²) in [4.78, 5) is 24.8. The van der Waals surface area contributed by atoms with E-state index in [-0.39, 0.29) is 5.91 Å². The van der Waals surface area contributed by atoms with Crippen LogP contribution in [0.2, 0.25) is 0 Å². The SMILES string of the molecule is COC(=O)[C@@H](Cc1ccccc1)NC(=O)c1snc(C)c1C. The molecule has 6 heteroatoms. The lowest BCUT2D eigenvalue weighted by molar-refractivity contribution is -0.142. The van der Waals surface area contributed by atoms with Gasteiger partial charge >= 0.3 is 5.97 Å². The molecule has 1 atom stereocenters. The zero-order valence-electron chi connectivity index (χ0n) is 12.8. The summed E-state index contributed by atoms with van der Waals surface area (Å²) in [6.07, 6.45) is 0.385. The fourth-order valence-electron chi connectivity index (χ4n) is 2.04. The van der Waals surface area contributed by atoms with Crippen molar-refractivity contribution < 1.29 is 14.3 Å². The predicted octanol–water partition coefficient (Wildman–Crippen LogP) is 2.27. The first-order chi connectivity index (χ1) is 10.5. The van der Waals surface area contributed by atoms with Crippen molar-refractivity contribution in [1.29, 1.82) is 0 Å². The average Bonchev–Trinajstić information content (AvgIpc) is 2.86. The van der Waals surface area contributed by atoms with E-state index in [4.69, 9.17) is 4.74 Å². The third-order valence-corrected chi connectivity index (χ3v) is 4.48. The number of ether oxygens (including phenoxy) is 1. The molecule has 5 nitrogen and oxygen atoms in total. The van der Waals surface area contributed by atoms with Gasteiger partial charge in [0.15, 0.2) is 0 Å². The molecular formula is C16H18N2O3S. The fraction of sp³-hybridized carbons (Fsp3) is 0.312. The van der Waals surface area contributed by atoms with Gasteiger partial charge in [-0.25, -0.2) is 4.79 Å². The van der Waals surface area contributed by atoms with E-state index in [9.17, 15) is 9.59 Å². The minimum Gasteiger partial charge on any atom is -0.467 e. The maximum atomic E-state index is 12.4. The summed E-state index contributed by atoms with van der Waals surface area (Å²) in [5, 5.41) is 2.74. The quantitative estimate of drug-likeness (QED) is 0.859. The minimum absolute atomic E-state index is 0.297. The number of nitrogens with one attached hydrogen (secondary N) is 1. The van der Waals surface area contributed by atoms with E-state index < -0.39 is 12.0 Å². The van der Waals surface area contributed by atoms with Crippen LogP contribution >= 0.6 is 11.5 Å². The first-order valence-electron chi connectivity index (χ1n) is 6.88. The van der Waals surface area contributed by atoms with Crippen LogP contribution in [0.15, 0.2) is 30.3 Å². The van der Waals surface area contributed by atoms with E-state index in [2.05, 4.69) is 9.69 Å². The molecule has 0 aliphatic heterocycles. The maximum Gasteiger partial charge on any atom is 0.328 e. The Hall–Kier alpha value is -2.21. The van der Waals surface area contributed by atoms with Gasteiger partial charge in [0.2, 0.25) is 0 Å². The van der Waals surface area contributed by atoms with Gasteiger partial charge in [-0.05, 0) is 36.5 Å². The summed E-state index contributed by atoms with van der Waals surface area (Å²) in [5.74, 6) is -0.759. The molecule has 22 heavy (non-hydrogen) atoms. The highest BCUT2D eigenvalue weighted by atomic mass is 32.1. The monoisotopic (exact) mass is 318 g/mol. The first-order valence-corrected chi connectivity index (χ1v) is 7.65. The Kier molecular flexibility index (Phi) is 5.27. The van der Waals surface area contributed by atoms with Crippen LogP contribution in [-0.4, -0.2) is 29.4 Å². The fourth-order valence-corrected chi connectivity index (χ4v) is 2.83. The summed E-state index contributed by atoms with van der Waals surface area (Å²) in [6, 6.07) is 8.78. The van der Waals surface area contributed by atoms with Crippen molar-refractivity contribution in [3.05, 3.63) is 52.0 Å². The van der Waals surface area contributed by atoms with Crippen LogP contribution < -0.4 is 5.32 Å². The number of esters is 1. The van der Waals surface area contributed by atoms with Gasteiger partial charge in [-0.3, -0.25) is 4.79 Å². The van der Waals surface area contributed by atoms with Crippen molar-refractivity contribution in [2.24, 2.45) is 0 Å². The topological polar surface area (TPSA) is 68.3 Å². The number of hydrogen-bond acceptors (Lipinski definition) is 5. The van der Waals surface area contributed by atoms with Crippen LogP contribution in [0.5, 0.6) is 0 Å². The molecule has 0 bridgehead atoms. The van der Waals surface area contributed by atoms with E-state index >= 15 is 0 Å². The largest absolute Gasteiger partial charge is 0.467 e. The van der Waals surface area contributed by atoms with Gasteiger partial charge in [0.25, 0.3) is 5.91 Å². The number of benzene rings is 1. The molecule has 0 radical (unpaired) electrons. The molecule has 2 rings (SSSR count). The van der Waals surface area contributed by atoms with Crippen molar-refractivity contribution in [2.45, 2.75) is 26.3 Å². The molecule has 0 fully saturated rings. The molecule has 1 amide bonds. The molecule has 1 heterocycles. The molecule has 0 saturated carbocycles. The van der Waals surface area contributed by atoms with E-state index in [1.54, 1.807) is 0 Å². The van der Waals surface area contributed by atoms with Crippen molar-refractivity contribution in [2.75, 3.05) is 7.11 Å². The number of aromatic nitrogens is 1. The van der Waals surface area contributed by atoms with Crippen LogP contribution in [0.3, 0.4) is 0 Å². The second-order valence-electron chi connectivity index (χ2n) is 4.96. The lowest BCUT2D eigenvalue weighted by Crippen LogP contribution is -2.43. The second kappa shape index (κ2) is 7.17. The highest BCUT2D eigenvalue weighted by Gasteiger charge is 2.24. The minimum atomic E-state index is -0.721. The zero-order valence-corrected chi connectivity index (χ0v) is 13.6. The highest BCUT2D eigenvalue weighted by Crippen LogP contribution is 2.17. The standard InChI is InChI=1S/C16H18N2O3S/c1-10-11(2)18-22-14(10)15(19)17-13(16(20)21-3)9-12-7-5-4-6-8-12/h4-8,13H,9H2,1-3H3,(H,17,19)/t13-/m1/s1. The molecule has 0 aliphatic rings. The number of amides is 1. The van der Waals surface area contributed by atoms with Crippen LogP contribution in [-0.2, 0) is 16.0 Å². The van der Waals surface area contributed by atoms with Crippen LogP contribution in [0.25, 0.3) is 0 Å². The Morgan fingerprint density at radius 1 is 1.27 bits per heavy atom. The van der Waals surface area contributed by atoms with Gasteiger partial charge in [0.1, 0.15) is 10.9 Å². The van der Waals surface area contributed by atoms with Crippen molar-refractivity contribution in [3.63, 3.8) is 0 Å². The van der Waals surface area contributed by atoms with E-state index in [0.29, 0.717) is 11.3 Å². The molecule has 0 saturated heterocycles. The van der Waals surface area contributed by atoms with Gasteiger partial charge in [0, 0.05) is 6.42 Å². The number of rotatable bonds is 5. The smallest absolute Gasteiger partial charge is 0.328 e. The summed E-state index contributed by atoms with van der Waals surface area (Å²) >= 11 is 1.14. The molecule has 0 spiro atoms. The summed E-state index contributed by atoms with van der Waals surface area (Å²) in [7, 11) is 1.31. The van der Waals surface area contributed by atoms with Crippen molar-refractivity contribution in [1.82, 2.24) is 9.69 Å². The molecule has 1 N–H and O–H groups in total. The number of aryl methyl sites for hydroxylation is 1.